The van der Waals surface area contributed by atoms with Crippen LogP contribution in [0.15, 0.2) is 0 Å². The monoisotopic (exact) mass is 392 g/mol. The van der Waals surface area contributed by atoms with Crippen LogP contribution in [-0.2, 0) is 28.6 Å². The molecule has 0 radical (unpaired) electrons. The summed E-state index contributed by atoms with van der Waals surface area (Å²) in [7, 11) is 1.18. The Balaban J connectivity index is 5.25. The summed E-state index contributed by atoms with van der Waals surface area (Å²) in [4.78, 5) is 47.0. The lowest BCUT2D eigenvalue weighted by Crippen LogP contribution is -2.54. The third-order valence-electron chi connectivity index (χ3n) is 2.89. The van der Waals surface area contributed by atoms with Crippen LogP contribution in [0.4, 0.5) is 4.79 Å². The van der Waals surface area contributed by atoms with Crippen LogP contribution in [0.25, 0.3) is 0 Å². The lowest BCUT2D eigenvalue weighted by Gasteiger charge is -2.28. The summed E-state index contributed by atoms with van der Waals surface area (Å²) in [5.74, 6) is -1.46. The quantitative estimate of drug-likeness (QED) is 0.438. The second-order valence-electron chi connectivity index (χ2n) is 6.36. The minimum atomic E-state index is -1.31. The van der Waals surface area contributed by atoms with Crippen molar-refractivity contribution >= 4 is 35.7 Å². The lowest BCUT2D eigenvalue weighted by atomic mass is 10.1. The smallest absolute Gasteiger partial charge is 0.408 e. The number of alkyl carbamates (subject to hydrolysis) is 1. The highest BCUT2D eigenvalue weighted by atomic mass is 32.2. The van der Waals surface area contributed by atoms with Crippen molar-refractivity contribution in [3.8, 4) is 0 Å². The summed E-state index contributed by atoms with van der Waals surface area (Å²) < 4.78 is 14.7. The first kappa shape index (κ1) is 24.0. The Kier molecular flexibility index (Phi) is 10.7. The molecule has 0 bridgehead atoms. The molecule has 0 spiro atoms. The van der Waals surface area contributed by atoms with Gasteiger partial charge < -0.3 is 24.8 Å². The van der Waals surface area contributed by atoms with Crippen LogP contribution >= 0.6 is 11.8 Å². The second kappa shape index (κ2) is 11.6. The molecule has 0 saturated heterocycles. The number of methoxy groups -OCH3 is 1. The normalized spacial score (nSPS) is 13.2. The van der Waals surface area contributed by atoms with Gasteiger partial charge in [-0.05, 0) is 39.2 Å². The van der Waals surface area contributed by atoms with E-state index in [1.165, 1.54) is 18.9 Å². The molecule has 26 heavy (non-hydrogen) atoms. The summed E-state index contributed by atoms with van der Waals surface area (Å²) in [5, 5.41) is 4.90. The molecule has 0 fully saturated rings. The first-order valence-corrected chi connectivity index (χ1v) is 9.39. The summed E-state index contributed by atoms with van der Waals surface area (Å²) in [6.45, 7) is 5.89. The maximum atomic E-state index is 12.4. The van der Waals surface area contributed by atoms with E-state index in [2.05, 4.69) is 15.4 Å². The number of hydrogen-bond acceptors (Lipinski definition) is 8. The number of carbonyl (C=O) groups excluding carboxylic acids is 4. The van der Waals surface area contributed by atoms with E-state index in [1.807, 2.05) is 6.26 Å². The van der Waals surface area contributed by atoms with Crippen molar-refractivity contribution in [2.75, 3.05) is 25.7 Å². The zero-order valence-electron chi connectivity index (χ0n) is 16.0. The zero-order valence-corrected chi connectivity index (χ0v) is 16.9. The van der Waals surface area contributed by atoms with Gasteiger partial charge in [0.1, 0.15) is 12.1 Å². The van der Waals surface area contributed by atoms with Crippen LogP contribution < -0.4 is 10.6 Å². The molecule has 10 heteroatoms. The minimum absolute atomic E-state index is 0.351. The van der Waals surface area contributed by atoms with Gasteiger partial charge >= 0.3 is 18.0 Å². The van der Waals surface area contributed by atoms with Gasteiger partial charge in [-0.25, -0.2) is 4.79 Å². The van der Waals surface area contributed by atoms with Gasteiger partial charge in [-0.1, -0.05) is 0 Å². The zero-order chi connectivity index (χ0) is 20.3. The third kappa shape index (κ3) is 10.8. The van der Waals surface area contributed by atoms with Gasteiger partial charge in [0, 0.05) is 6.92 Å². The standard InChI is InChI=1S/C16H28N2O7S/c1-10(19)24-13(14(21)17-9-12(20)23-5)11(7-8-26-6)18-15(22)25-16(2,3)4/h11,13H,7-9H2,1-6H3,(H,17,21)(H,18,22). The van der Waals surface area contributed by atoms with Gasteiger partial charge in [0.2, 0.25) is 0 Å². The SMILES string of the molecule is COC(=O)CNC(=O)C(OC(C)=O)C(CCSC)NC(=O)OC(C)(C)C. The molecule has 0 saturated carbocycles. The largest absolute Gasteiger partial charge is 0.468 e. The number of rotatable bonds is 9. The molecule has 2 unspecified atom stereocenters. The summed E-state index contributed by atoms with van der Waals surface area (Å²) >= 11 is 1.50. The number of thioether (sulfide) groups is 1. The summed E-state index contributed by atoms with van der Waals surface area (Å²) in [5.41, 5.74) is -0.724. The Morgan fingerprint density at radius 3 is 2.23 bits per heavy atom. The highest BCUT2D eigenvalue weighted by molar-refractivity contribution is 7.98. The van der Waals surface area contributed by atoms with E-state index in [4.69, 9.17) is 9.47 Å². The van der Waals surface area contributed by atoms with Gasteiger partial charge in [0.05, 0.1) is 13.2 Å². The van der Waals surface area contributed by atoms with Crippen LogP contribution in [0.1, 0.15) is 34.1 Å². The fourth-order valence-corrected chi connectivity index (χ4v) is 2.32. The number of esters is 2. The topological polar surface area (TPSA) is 120 Å². The van der Waals surface area contributed by atoms with Crippen LogP contribution in [-0.4, -0.2) is 67.3 Å². The maximum absolute atomic E-state index is 12.4. The van der Waals surface area contributed by atoms with Crippen LogP contribution in [0, 0.1) is 0 Å². The van der Waals surface area contributed by atoms with Gasteiger partial charge in [-0.15, -0.1) is 0 Å². The van der Waals surface area contributed by atoms with E-state index in [-0.39, 0.29) is 6.54 Å². The van der Waals surface area contributed by atoms with Crippen molar-refractivity contribution in [2.45, 2.75) is 51.9 Å². The molecule has 150 valence electrons. The average Bonchev–Trinajstić information content (AvgIpc) is 2.52. The molecule has 0 aromatic carbocycles. The van der Waals surface area contributed by atoms with Crippen molar-refractivity contribution in [1.82, 2.24) is 10.6 Å². The number of ether oxygens (including phenoxy) is 3. The van der Waals surface area contributed by atoms with Crippen LogP contribution in [0.3, 0.4) is 0 Å². The van der Waals surface area contributed by atoms with Crippen molar-refractivity contribution in [3.05, 3.63) is 0 Å². The van der Waals surface area contributed by atoms with Crippen molar-refractivity contribution < 1.29 is 33.4 Å². The Morgan fingerprint density at radius 2 is 1.77 bits per heavy atom. The molecule has 0 heterocycles. The fourth-order valence-electron chi connectivity index (χ4n) is 1.83. The molecule has 0 aliphatic heterocycles. The van der Waals surface area contributed by atoms with Crippen molar-refractivity contribution in [3.63, 3.8) is 0 Å². The van der Waals surface area contributed by atoms with Gasteiger partial charge in [0.25, 0.3) is 5.91 Å². The second-order valence-corrected chi connectivity index (χ2v) is 7.34. The van der Waals surface area contributed by atoms with Crippen LogP contribution in [0.5, 0.6) is 0 Å². The number of carbonyl (C=O) groups is 4. The average molecular weight is 392 g/mol. The number of nitrogens with one attached hydrogen (secondary N) is 2. The van der Waals surface area contributed by atoms with E-state index >= 15 is 0 Å². The lowest BCUT2D eigenvalue weighted by molar-refractivity contribution is -0.156. The third-order valence-corrected chi connectivity index (χ3v) is 3.53. The van der Waals surface area contributed by atoms with Gasteiger partial charge in [-0.2, -0.15) is 11.8 Å². The van der Waals surface area contributed by atoms with Gasteiger partial charge in [0.15, 0.2) is 6.10 Å². The molecule has 0 aromatic heterocycles. The number of hydrogen-bond donors (Lipinski definition) is 2. The summed E-state index contributed by atoms with van der Waals surface area (Å²) in [6, 6.07) is -0.821. The Bertz CT molecular complexity index is 505. The van der Waals surface area contributed by atoms with E-state index in [0.29, 0.717) is 12.2 Å². The Morgan fingerprint density at radius 1 is 1.15 bits per heavy atom. The molecule has 2 amide bonds. The Hall–Kier alpha value is -1.97. The number of amides is 2. The first-order valence-electron chi connectivity index (χ1n) is 8.00. The fraction of sp³-hybridized carbons (Fsp3) is 0.750. The van der Waals surface area contributed by atoms with Crippen LogP contribution in [0.2, 0.25) is 0 Å². The predicted molar refractivity (Wildman–Crippen MR) is 96.7 cm³/mol. The highest BCUT2D eigenvalue weighted by Gasteiger charge is 2.33. The highest BCUT2D eigenvalue weighted by Crippen LogP contribution is 2.12. The van der Waals surface area contributed by atoms with E-state index < -0.39 is 41.7 Å². The molecule has 0 aliphatic carbocycles. The van der Waals surface area contributed by atoms with Gasteiger partial charge in [-0.3, -0.25) is 14.4 Å². The molecule has 2 atom stereocenters. The van der Waals surface area contributed by atoms with E-state index in [9.17, 15) is 19.2 Å². The molecule has 0 aromatic rings. The minimum Gasteiger partial charge on any atom is -0.468 e. The maximum Gasteiger partial charge on any atom is 0.408 e. The molecular formula is C16H28N2O7S. The molecule has 0 rings (SSSR count). The molecular weight excluding hydrogens is 364 g/mol. The molecule has 9 nitrogen and oxygen atoms in total. The van der Waals surface area contributed by atoms with E-state index in [0.717, 1.165) is 6.92 Å². The first-order chi connectivity index (χ1) is 12.0. The molecule has 0 aliphatic rings. The summed E-state index contributed by atoms with van der Waals surface area (Å²) in [6.07, 6.45) is 0.172. The predicted octanol–water partition coefficient (Wildman–Crippen LogP) is 0.854. The Labute approximate surface area is 157 Å². The van der Waals surface area contributed by atoms with Crippen molar-refractivity contribution in [2.24, 2.45) is 0 Å². The van der Waals surface area contributed by atoms with E-state index in [1.54, 1.807) is 20.8 Å². The van der Waals surface area contributed by atoms with Crippen molar-refractivity contribution in [1.29, 1.82) is 0 Å². The molecule has 2 N–H and O–H groups in total.